The number of para-hydroxylation sites is 1. The summed E-state index contributed by atoms with van der Waals surface area (Å²) in [6.07, 6.45) is -1.03. The molecule has 0 aliphatic carbocycles. The number of nitrogens with one attached hydrogen (secondary N) is 1. The number of amides is 1. The third-order valence-corrected chi connectivity index (χ3v) is 4.88. The average Bonchev–Trinajstić information content (AvgIpc) is 3.20. The van der Waals surface area contributed by atoms with Crippen LogP contribution >= 0.6 is 11.3 Å². The molecule has 0 saturated carbocycles. The van der Waals surface area contributed by atoms with Crippen LogP contribution in [0.5, 0.6) is 5.75 Å². The molecule has 0 aliphatic rings. The van der Waals surface area contributed by atoms with Crippen molar-refractivity contribution < 1.29 is 19.1 Å². The Bertz CT molecular complexity index is 1040. The first-order valence-corrected chi connectivity index (χ1v) is 9.71. The van der Waals surface area contributed by atoms with Gasteiger partial charge in [0.1, 0.15) is 23.4 Å². The van der Waals surface area contributed by atoms with Gasteiger partial charge < -0.3 is 14.8 Å². The van der Waals surface area contributed by atoms with Crippen molar-refractivity contribution in [3.05, 3.63) is 82.7 Å². The van der Waals surface area contributed by atoms with Crippen molar-refractivity contribution in [2.24, 2.45) is 0 Å². The van der Waals surface area contributed by atoms with Crippen molar-refractivity contribution in [1.29, 1.82) is 5.26 Å². The van der Waals surface area contributed by atoms with Crippen molar-refractivity contribution >= 4 is 28.2 Å². The molecule has 0 fully saturated rings. The zero-order valence-electron chi connectivity index (χ0n) is 15.6. The Morgan fingerprint density at radius 2 is 1.83 bits per heavy atom. The molecule has 0 saturated heterocycles. The molecule has 3 rings (SSSR count). The minimum absolute atomic E-state index is 0.191. The molecule has 146 valence electrons. The van der Waals surface area contributed by atoms with Crippen molar-refractivity contribution in [3.8, 4) is 11.8 Å². The van der Waals surface area contributed by atoms with E-state index in [1.807, 2.05) is 36.4 Å². The lowest BCUT2D eigenvalue weighted by atomic mass is 10.1. The molecule has 1 amide bonds. The number of anilines is 1. The lowest BCUT2D eigenvalue weighted by molar-refractivity contribution is -0.123. The summed E-state index contributed by atoms with van der Waals surface area (Å²) in [4.78, 5) is 24.9. The molecule has 1 atom stereocenters. The van der Waals surface area contributed by atoms with E-state index in [1.54, 1.807) is 35.7 Å². The third-order valence-electron chi connectivity index (χ3n) is 4.05. The third kappa shape index (κ3) is 5.21. The Balaban J connectivity index is 1.64. The van der Waals surface area contributed by atoms with Crippen LogP contribution in [-0.4, -0.2) is 18.0 Å². The fourth-order valence-electron chi connectivity index (χ4n) is 2.51. The van der Waals surface area contributed by atoms with Crippen LogP contribution in [0.2, 0.25) is 0 Å². The number of benzene rings is 2. The van der Waals surface area contributed by atoms with E-state index >= 15 is 0 Å². The number of carbonyl (C=O) groups excluding carboxylic acids is 2. The van der Waals surface area contributed by atoms with Gasteiger partial charge in [-0.3, -0.25) is 4.79 Å². The molecule has 1 unspecified atom stereocenters. The maximum Gasteiger partial charge on any atom is 0.339 e. The van der Waals surface area contributed by atoms with Crippen LogP contribution in [-0.2, 0) is 16.1 Å². The summed E-state index contributed by atoms with van der Waals surface area (Å²) in [6, 6.07) is 19.8. The summed E-state index contributed by atoms with van der Waals surface area (Å²) in [5, 5.41) is 13.8. The number of hydrogen-bond acceptors (Lipinski definition) is 6. The SMILES string of the molecule is CC(OC(=O)c1ccccc1COc1ccccc1)C(=O)Nc1sccc1C#N. The van der Waals surface area contributed by atoms with E-state index in [1.165, 1.54) is 18.3 Å². The minimum atomic E-state index is -1.03. The van der Waals surface area contributed by atoms with Gasteiger partial charge in [0.2, 0.25) is 0 Å². The van der Waals surface area contributed by atoms with Gasteiger partial charge >= 0.3 is 5.97 Å². The van der Waals surface area contributed by atoms with Gasteiger partial charge in [-0.15, -0.1) is 11.3 Å². The summed E-state index contributed by atoms with van der Waals surface area (Å²) in [7, 11) is 0. The molecule has 0 spiro atoms. The second kappa shape index (κ2) is 9.53. The number of thiophene rings is 1. The topological polar surface area (TPSA) is 88.4 Å². The first-order chi connectivity index (χ1) is 14.1. The lowest BCUT2D eigenvalue weighted by Crippen LogP contribution is -2.30. The Hall–Kier alpha value is -3.63. The molecule has 0 aliphatic heterocycles. The molecule has 1 heterocycles. The van der Waals surface area contributed by atoms with Crippen LogP contribution in [0.4, 0.5) is 5.00 Å². The van der Waals surface area contributed by atoms with E-state index in [4.69, 9.17) is 14.7 Å². The highest BCUT2D eigenvalue weighted by Gasteiger charge is 2.22. The zero-order chi connectivity index (χ0) is 20.6. The van der Waals surface area contributed by atoms with Gasteiger partial charge in [-0.25, -0.2) is 4.79 Å². The molecule has 0 bridgehead atoms. The van der Waals surface area contributed by atoms with Gasteiger partial charge in [0.15, 0.2) is 6.10 Å². The summed E-state index contributed by atoms with van der Waals surface area (Å²) >= 11 is 1.23. The molecule has 3 aromatic rings. The first-order valence-electron chi connectivity index (χ1n) is 8.83. The Morgan fingerprint density at radius 1 is 1.10 bits per heavy atom. The van der Waals surface area contributed by atoms with Crippen LogP contribution in [0.3, 0.4) is 0 Å². The first kappa shape index (κ1) is 20.1. The van der Waals surface area contributed by atoms with E-state index in [0.29, 0.717) is 27.4 Å². The van der Waals surface area contributed by atoms with Gasteiger partial charge in [0, 0.05) is 5.56 Å². The Kier molecular flexibility index (Phi) is 6.61. The van der Waals surface area contributed by atoms with Gasteiger partial charge in [0.25, 0.3) is 5.91 Å². The highest BCUT2D eigenvalue weighted by Crippen LogP contribution is 2.22. The Labute approximate surface area is 172 Å². The molecule has 7 heteroatoms. The summed E-state index contributed by atoms with van der Waals surface area (Å²) < 4.78 is 11.0. The van der Waals surface area contributed by atoms with Gasteiger partial charge in [0.05, 0.1) is 11.1 Å². The van der Waals surface area contributed by atoms with E-state index in [2.05, 4.69) is 5.32 Å². The largest absolute Gasteiger partial charge is 0.489 e. The maximum atomic E-state index is 12.6. The van der Waals surface area contributed by atoms with Crippen LogP contribution in [0, 0.1) is 11.3 Å². The van der Waals surface area contributed by atoms with Gasteiger partial charge in [-0.1, -0.05) is 36.4 Å². The van der Waals surface area contributed by atoms with E-state index in [-0.39, 0.29) is 6.61 Å². The quantitative estimate of drug-likeness (QED) is 0.588. The van der Waals surface area contributed by atoms with E-state index < -0.39 is 18.0 Å². The van der Waals surface area contributed by atoms with Crippen molar-refractivity contribution in [3.63, 3.8) is 0 Å². The van der Waals surface area contributed by atoms with Gasteiger partial charge in [-0.05, 0) is 36.6 Å². The standard InChI is InChI=1S/C22H18N2O4S/c1-15(20(25)24-21-16(13-23)11-12-29-21)28-22(26)19-10-6-5-7-17(19)14-27-18-8-3-2-4-9-18/h2-12,15H,14H2,1H3,(H,24,25). The van der Waals surface area contributed by atoms with Crippen molar-refractivity contribution in [1.82, 2.24) is 0 Å². The highest BCUT2D eigenvalue weighted by molar-refractivity contribution is 7.14. The number of esters is 1. The predicted octanol–water partition coefficient (Wildman–Crippen LogP) is 4.38. The van der Waals surface area contributed by atoms with Crippen LogP contribution in [0.15, 0.2) is 66.0 Å². The second-order valence-electron chi connectivity index (χ2n) is 6.07. The fourth-order valence-corrected chi connectivity index (χ4v) is 3.25. The number of hydrogen-bond donors (Lipinski definition) is 1. The smallest absolute Gasteiger partial charge is 0.339 e. The molecular formula is C22H18N2O4S. The predicted molar refractivity (Wildman–Crippen MR) is 110 cm³/mol. The average molecular weight is 406 g/mol. The molecule has 6 nitrogen and oxygen atoms in total. The number of carbonyl (C=O) groups is 2. The van der Waals surface area contributed by atoms with Gasteiger partial charge in [-0.2, -0.15) is 5.26 Å². The molecule has 1 N–H and O–H groups in total. The summed E-state index contributed by atoms with van der Waals surface area (Å²) in [5.74, 6) is -0.436. The lowest BCUT2D eigenvalue weighted by Gasteiger charge is -2.15. The van der Waals surface area contributed by atoms with Crippen molar-refractivity contribution in [2.75, 3.05) is 5.32 Å². The number of rotatable bonds is 7. The van der Waals surface area contributed by atoms with E-state index in [9.17, 15) is 9.59 Å². The number of nitrogens with zero attached hydrogens (tertiary/aromatic N) is 1. The van der Waals surface area contributed by atoms with E-state index in [0.717, 1.165) is 0 Å². The van der Waals surface area contributed by atoms with Crippen LogP contribution in [0.25, 0.3) is 0 Å². The number of nitriles is 1. The van der Waals surface area contributed by atoms with Crippen molar-refractivity contribution in [2.45, 2.75) is 19.6 Å². The molecule has 1 aromatic heterocycles. The molecule has 2 aromatic carbocycles. The molecule has 29 heavy (non-hydrogen) atoms. The fraction of sp³-hybridized carbons (Fsp3) is 0.136. The summed E-state index contributed by atoms with van der Waals surface area (Å²) in [5.41, 5.74) is 1.35. The highest BCUT2D eigenvalue weighted by atomic mass is 32.1. The van der Waals surface area contributed by atoms with Crippen LogP contribution < -0.4 is 10.1 Å². The Morgan fingerprint density at radius 3 is 2.59 bits per heavy atom. The zero-order valence-corrected chi connectivity index (χ0v) is 16.4. The summed E-state index contributed by atoms with van der Waals surface area (Å²) in [6.45, 7) is 1.67. The monoisotopic (exact) mass is 406 g/mol. The van der Waals surface area contributed by atoms with Crippen LogP contribution in [0.1, 0.15) is 28.4 Å². The second-order valence-corrected chi connectivity index (χ2v) is 6.99. The minimum Gasteiger partial charge on any atom is -0.489 e. The number of ether oxygens (including phenoxy) is 2. The normalized spacial score (nSPS) is 11.2. The molecular weight excluding hydrogens is 388 g/mol. The molecule has 0 radical (unpaired) electrons. The maximum absolute atomic E-state index is 12.6.